The van der Waals surface area contributed by atoms with Crippen molar-refractivity contribution in [1.82, 2.24) is 5.32 Å². The van der Waals surface area contributed by atoms with E-state index in [0.29, 0.717) is 11.5 Å². The number of methoxy groups -OCH3 is 1. The average molecular weight is 455 g/mol. The molecule has 0 aromatic heterocycles. The third-order valence-electron chi connectivity index (χ3n) is 4.48. The Morgan fingerprint density at radius 2 is 1.87 bits per heavy atom. The van der Waals surface area contributed by atoms with Gasteiger partial charge in [-0.25, -0.2) is 8.42 Å². The first-order valence-corrected chi connectivity index (χ1v) is 11.7. The highest BCUT2D eigenvalue weighted by molar-refractivity contribution is 7.92. The van der Waals surface area contributed by atoms with Crippen LogP contribution in [-0.2, 0) is 21.2 Å². The van der Waals surface area contributed by atoms with Crippen LogP contribution in [0.25, 0.3) is 0 Å². The third-order valence-corrected chi connectivity index (χ3v) is 6.02. The summed E-state index contributed by atoms with van der Waals surface area (Å²) >= 11 is 6.12. The second kappa shape index (κ2) is 10.5. The quantitative estimate of drug-likeness (QED) is 0.557. The number of ether oxygens (including phenoxy) is 2. The van der Waals surface area contributed by atoms with Crippen molar-refractivity contribution in [3.05, 3.63) is 53.1 Å². The highest BCUT2D eigenvalue weighted by Gasteiger charge is 2.29. The van der Waals surface area contributed by atoms with Crippen molar-refractivity contribution in [2.45, 2.75) is 26.3 Å². The molecule has 9 heteroatoms. The summed E-state index contributed by atoms with van der Waals surface area (Å²) in [4.78, 5) is 12.6. The first-order valence-electron chi connectivity index (χ1n) is 9.49. The van der Waals surface area contributed by atoms with E-state index in [-0.39, 0.29) is 23.9 Å². The van der Waals surface area contributed by atoms with Gasteiger partial charge in [0.1, 0.15) is 24.1 Å². The van der Waals surface area contributed by atoms with Gasteiger partial charge in [-0.1, -0.05) is 30.7 Å². The number of nitrogens with zero attached hydrogens (tertiary/aromatic N) is 1. The van der Waals surface area contributed by atoms with Gasteiger partial charge in [0.05, 0.1) is 30.6 Å². The molecule has 0 radical (unpaired) electrons. The van der Waals surface area contributed by atoms with Crippen molar-refractivity contribution in [2.24, 2.45) is 0 Å². The van der Waals surface area contributed by atoms with Gasteiger partial charge in [-0.05, 0) is 49.2 Å². The largest absolute Gasteiger partial charge is 0.495 e. The number of hydrogen-bond acceptors (Lipinski definition) is 5. The van der Waals surface area contributed by atoms with Gasteiger partial charge in [-0.15, -0.1) is 0 Å². The van der Waals surface area contributed by atoms with Crippen LogP contribution in [0.3, 0.4) is 0 Å². The van der Waals surface area contributed by atoms with Crippen LogP contribution in [0.4, 0.5) is 5.69 Å². The van der Waals surface area contributed by atoms with E-state index in [1.165, 1.54) is 25.7 Å². The molecule has 7 nitrogen and oxygen atoms in total. The molecule has 0 heterocycles. The van der Waals surface area contributed by atoms with Gasteiger partial charge in [-0.2, -0.15) is 0 Å². The Kier molecular flexibility index (Phi) is 8.37. The van der Waals surface area contributed by atoms with Crippen LogP contribution in [0.5, 0.6) is 11.5 Å². The van der Waals surface area contributed by atoms with Crippen molar-refractivity contribution in [3.63, 3.8) is 0 Å². The number of halogens is 1. The number of nitrogens with one attached hydrogen (secondary N) is 1. The van der Waals surface area contributed by atoms with Crippen LogP contribution in [0.15, 0.2) is 42.5 Å². The van der Waals surface area contributed by atoms with Crippen LogP contribution >= 0.6 is 11.6 Å². The zero-order valence-corrected chi connectivity index (χ0v) is 19.1. The lowest BCUT2D eigenvalue weighted by Crippen LogP contribution is -2.48. The minimum Gasteiger partial charge on any atom is -0.495 e. The summed E-state index contributed by atoms with van der Waals surface area (Å²) in [5.74, 6) is 0.674. The second-order valence-electron chi connectivity index (χ2n) is 6.69. The summed E-state index contributed by atoms with van der Waals surface area (Å²) in [5.41, 5.74) is 1.49. The van der Waals surface area contributed by atoms with Crippen molar-refractivity contribution in [3.8, 4) is 11.5 Å². The molecule has 0 aliphatic rings. The van der Waals surface area contributed by atoms with Crippen LogP contribution in [0, 0.1) is 0 Å². The Bertz CT molecular complexity index is 964. The number of hydrogen-bond donors (Lipinski definition) is 1. The third kappa shape index (κ3) is 6.27. The topological polar surface area (TPSA) is 84.9 Å². The molecule has 0 aliphatic carbocycles. The molecule has 164 valence electrons. The normalized spacial score (nSPS) is 12.2. The number of benzene rings is 2. The number of carbonyl (C=O) groups is 1. The number of amides is 1. The second-order valence-corrected chi connectivity index (χ2v) is 8.96. The van der Waals surface area contributed by atoms with E-state index in [2.05, 4.69) is 12.2 Å². The highest BCUT2D eigenvalue weighted by Crippen LogP contribution is 2.31. The van der Waals surface area contributed by atoms with Crippen molar-refractivity contribution in [2.75, 3.05) is 30.8 Å². The van der Waals surface area contributed by atoms with Gasteiger partial charge in [0, 0.05) is 0 Å². The molecule has 1 atom stereocenters. The van der Waals surface area contributed by atoms with Crippen LogP contribution in [0.2, 0.25) is 5.02 Å². The number of aryl methyl sites for hydroxylation is 1. The zero-order chi connectivity index (χ0) is 22.3. The van der Waals surface area contributed by atoms with Crippen molar-refractivity contribution >= 4 is 33.2 Å². The van der Waals surface area contributed by atoms with Gasteiger partial charge < -0.3 is 14.8 Å². The molecular weight excluding hydrogens is 428 g/mol. The molecule has 1 N–H and O–H groups in total. The monoisotopic (exact) mass is 454 g/mol. The molecule has 2 aromatic carbocycles. The standard InChI is InChI=1S/C21H27ClN2O5S/c1-5-16-6-9-18(10-7-16)29-13-12-23-21(25)15(2)24(30(4,26)27)17-8-11-20(28-3)19(22)14-17/h6-11,14-15H,5,12-13H2,1-4H3,(H,23,25)/t15-/m1/s1. The van der Waals surface area contributed by atoms with Crippen LogP contribution in [0.1, 0.15) is 19.4 Å². The van der Waals surface area contributed by atoms with Gasteiger partial charge in [0.2, 0.25) is 15.9 Å². The molecule has 0 saturated carbocycles. The fourth-order valence-electron chi connectivity index (χ4n) is 2.91. The molecule has 0 aliphatic heterocycles. The Morgan fingerprint density at radius 3 is 2.40 bits per heavy atom. The number of rotatable bonds is 10. The van der Waals surface area contributed by atoms with Crippen LogP contribution in [-0.4, -0.2) is 46.9 Å². The lowest BCUT2D eigenvalue weighted by Gasteiger charge is -2.28. The maximum atomic E-state index is 12.6. The molecule has 2 rings (SSSR count). The maximum absolute atomic E-state index is 12.6. The molecule has 0 unspecified atom stereocenters. The lowest BCUT2D eigenvalue weighted by molar-refractivity contribution is -0.121. The van der Waals surface area contributed by atoms with Gasteiger partial charge in [0.25, 0.3) is 0 Å². The first-order chi connectivity index (χ1) is 14.2. The maximum Gasteiger partial charge on any atom is 0.243 e. The fraction of sp³-hybridized carbons (Fsp3) is 0.381. The highest BCUT2D eigenvalue weighted by atomic mass is 35.5. The molecule has 0 spiro atoms. The Balaban J connectivity index is 2.00. The van der Waals surface area contributed by atoms with Crippen molar-refractivity contribution < 1.29 is 22.7 Å². The first kappa shape index (κ1) is 23.8. The van der Waals surface area contributed by atoms with E-state index in [0.717, 1.165) is 17.0 Å². The smallest absolute Gasteiger partial charge is 0.243 e. The molecule has 0 saturated heterocycles. The summed E-state index contributed by atoms with van der Waals surface area (Å²) < 4.78 is 36.4. The molecule has 1 amide bonds. The average Bonchev–Trinajstić information content (AvgIpc) is 2.70. The van der Waals surface area contributed by atoms with E-state index < -0.39 is 22.0 Å². The molecule has 2 aromatic rings. The predicted octanol–water partition coefficient (Wildman–Crippen LogP) is 3.26. The molecule has 0 fully saturated rings. The summed E-state index contributed by atoms with van der Waals surface area (Å²) in [5, 5.41) is 2.96. The Morgan fingerprint density at radius 1 is 1.20 bits per heavy atom. The molecular formula is C21H27ClN2O5S. The number of anilines is 1. The summed E-state index contributed by atoms with van der Waals surface area (Å²) in [6, 6.07) is 11.3. The summed E-state index contributed by atoms with van der Waals surface area (Å²) in [6.07, 6.45) is 1.99. The van der Waals surface area contributed by atoms with Crippen LogP contribution < -0.4 is 19.1 Å². The van der Waals surface area contributed by atoms with E-state index >= 15 is 0 Å². The fourth-order valence-corrected chi connectivity index (χ4v) is 4.33. The minimum absolute atomic E-state index is 0.236. The number of carbonyl (C=O) groups excluding carboxylic acids is 1. The van der Waals surface area contributed by atoms with E-state index in [1.54, 1.807) is 12.1 Å². The predicted molar refractivity (Wildman–Crippen MR) is 119 cm³/mol. The minimum atomic E-state index is -3.74. The molecule has 30 heavy (non-hydrogen) atoms. The SMILES string of the molecule is CCc1ccc(OCCNC(=O)[C@@H](C)N(c2ccc(OC)c(Cl)c2)S(C)(=O)=O)cc1. The molecule has 0 bridgehead atoms. The summed E-state index contributed by atoms with van der Waals surface area (Å²) in [7, 11) is -2.27. The zero-order valence-electron chi connectivity index (χ0n) is 17.5. The lowest BCUT2D eigenvalue weighted by atomic mass is 10.2. The van der Waals surface area contributed by atoms with E-state index in [9.17, 15) is 13.2 Å². The van der Waals surface area contributed by atoms with Gasteiger partial charge >= 0.3 is 0 Å². The van der Waals surface area contributed by atoms with E-state index in [4.69, 9.17) is 21.1 Å². The van der Waals surface area contributed by atoms with E-state index in [1.807, 2.05) is 24.3 Å². The Labute approximate surface area is 183 Å². The van der Waals surface area contributed by atoms with Gasteiger partial charge in [0.15, 0.2) is 0 Å². The number of sulfonamides is 1. The van der Waals surface area contributed by atoms with Crippen molar-refractivity contribution in [1.29, 1.82) is 0 Å². The van der Waals surface area contributed by atoms with Gasteiger partial charge in [-0.3, -0.25) is 9.10 Å². The summed E-state index contributed by atoms with van der Waals surface area (Å²) in [6.45, 7) is 4.09. The Hall–Kier alpha value is -2.45.